The second kappa shape index (κ2) is 7.39. The van der Waals surface area contributed by atoms with Gasteiger partial charge >= 0.3 is 6.18 Å². The van der Waals surface area contributed by atoms with E-state index in [0.717, 1.165) is 16.5 Å². The van der Waals surface area contributed by atoms with Crippen LogP contribution >= 0.6 is 11.3 Å². The highest BCUT2D eigenvalue weighted by molar-refractivity contribution is 7.12. The predicted molar refractivity (Wildman–Crippen MR) is 94.7 cm³/mol. The third kappa shape index (κ3) is 4.45. The van der Waals surface area contributed by atoms with Crippen molar-refractivity contribution in [2.75, 3.05) is 11.9 Å². The van der Waals surface area contributed by atoms with E-state index in [1.165, 1.54) is 29.7 Å². The maximum atomic E-state index is 12.6. The molecular formula is C17H15F3N4O2S. The quantitative estimate of drug-likeness (QED) is 0.704. The van der Waals surface area contributed by atoms with Gasteiger partial charge in [-0.25, -0.2) is 9.97 Å². The highest BCUT2D eigenvalue weighted by Crippen LogP contribution is 2.23. The topological polar surface area (TPSA) is 69.0 Å². The summed E-state index contributed by atoms with van der Waals surface area (Å²) in [5.74, 6) is -0.524. The molecule has 0 radical (unpaired) electrons. The Balaban J connectivity index is 1.72. The van der Waals surface area contributed by atoms with Crippen LogP contribution in [-0.2, 0) is 0 Å². The van der Waals surface area contributed by atoms with Gasteiger partial charge in [-0.2, -0.15) is 13.2 Å². The molecule has 3 heterocycles. The predicted octanol–water partition coefficient (Wildman–Crippen LogP) is 4.14. The van der Waals surface area contributed by atoms with E-state index in [-0.39, 0.29) is 11.8 Å². The Hall–Kier alpha value is -2.88. The third-order valence-corrected chi connectivity index (χ3v) is 4.42. The number of nitrogens with zero attached hydrogens (tertiary/aromatic N) is 3. The number of hydrogen-bond acceptors (Lipinski definition) is 5. The molecule has 0 aliphatic heterocycles. The summed E-state index contributed by atoms with van der Waals surface area (Å²) >= 11 is 1.46. The molecule has 0 aliphatic rings. The number of carbonyl (C=O) groups is 1. The van der Waals surface area contributed by atoms with E-state index in [9.17, 15) is 18.0 Å². The number of thiazole rings is 1. The lowest BCUT2D eigenvalue weighted by Gasteiger charge is -2.09. The van der Waals surface area contributed by atoms with Crippen LogP contribution in [0.4, 0.5) is 18.9 Å². The van der Waals surface area contributed by atoms with E-state index in [2.05, 4.69) is 20.0 Å². The first-order chi connectivity index (χ1) is 12.7. The summed E-state index contributed by atoms with van der Waals surface area (Å²) in [4.78, 5) is 20.6. The fraction of sp³-hybridized carbons (Fsp3) is 0.235. The largest absolute Gasteiger partial charge is 0.468 e. The van der Waals surface area contributed by atoms with Crippen molar-refractivity contribution >= 4 is 22.9 Å². The Morgan fingerprint density at radius 2 is 2.07 bits per heavy atom. The van der Waals surface area contributed by atoms with Crippen LogP contribution in [0, 0.1) is 13.8 Å². The second-order valence-corrected chi connectivity index (χ2v) is 6.55. The van der Waals surface area contributed by atoms with E-state index in [0.29, 0.717) is 11.3 Å². The van der Waals surface area contributed by atoms with Gasteiger partial charge in [0.2, 0.25) is 5.88 Å². The van der Waals surface area contributed by atoms with Crippen molar-refractivity contribution < 1.29 is 22.7 Å². The molecule has 0 aromatic carbocycles. The van der Waals surface area contributed by atoms with Crippen LogP contribution in [0.2, 0.25) is 0 Å². The van der Waals surface area contributed by atoms with E-state index in [4.69, 9.17) is 0 Å². The second-order valence-electron chi connectivity index (χ2n) is 5.68. The van der Waals surface area contributed by atoms with E-state index < -0.39 is 12.8 Å². The number of alkyl halides is 3. The van der Waals surface area contributed by atoms with Crippen molar-refractivity contribution in [3.63, 3.8) is 0 Å². The maximum absolute atomic E-state index is 12.6. The highest BCUT2D eigenvalue weighted by atomic mass is 32.1. The summed E-state index contributed by atoms with van der Waals surface area (Å²) in [5, 5.41) is 5.29. The zero-order valence-electron chi connectivity index (χ0n) is 14.4. The Morgan fingerprint density at radius 3 is 2.67 bits per heavy atom. The zero-order chi connectivity index (χ0) is 19.6. The minimum atomic E-state index is -4.44. The molecule has 1 amide bonds. The van der Waals surface area contributed by atoms with Crippen molar-refractivity contribution in [1.29, 1.82) is 0 Å². The smallest absolute Gasteiger partial charge is 0.422 e. The number of amides is 1. The van der Waals surface area contributed by atoms with E-state index in [1.807, 2.05) is 23.8 Å². The number of halogens is 3. The summed E-state index contributed by atoms with van der Waals surface area (Å²) in [6.07, 6.45) is -1.51. The minimum Gasteiger partial charge on any atom is -0.468 e. The Labute approximate surface area is 156 Å². The van der Waals surface area contributed by atoms with Gasteiger partial charge in [-0.3, -0.25) is 9.36 Å². The summed E-state index contributed by atoms with van der Waals surface area (Å²) in [6, 6.07) is 4.44. The SMILES string of the molecule is Cc1cc(C(=O)Nc2ccc(OCC(F)(F)F)nc2)c(C)n1-c1nccs1. The Bertz CT molecular complexity index is 934. The van der Waals surface area contributed by atoms with Gasteiger partial charge in [0.1, 0.15) is 0 Å². The van der Waals surface area contributed by atoms with Gasteiger partial charge in [0, 0.05) is 29.0 Å². The Kier molecular flexibility index (Phi) is 5.17. The van der Waals surface area contributed by atoms with Crippen LogP contribution in [0.25, 0.3) is 5.13 Å². The number of ether oxygens (including phenoxy) is 1. The number of aryl methyl sites for hydroxylation is 1. The molecule has 0 fully saturated rings. The van der Waals surface area contributed by atoms with Crippen LogP contribution in [0.5, 0.6) is 5.88 Å². The summed E-state index contributed by atoms with van der Waals surface area (Å²) in [5.41, 5.74) is 2.41. The van der Waals surface area contributed by atoms with Gasteiger partial charge in [-0.1, -0.05) is 0 Å². The number of hydrogen-bond donors (Lipinski definition) is 1. The molecule has 0 bridgehead atoms. The molecule has 0 saturated heterocycles. The van der Waals surface area contributed by atoms with E-state index >= 15 is 0 Å². The fourth-order valence-corrected chi connectivity index (χ4v) is 3.26. The average molecular weight is 396 g/mol. The molecule has 6 nitrogen and oxygen atoms in total. The number of rotatable bonds is 5. The van der Waals surface area contributed by atoms with Crippen molar-refractivity contribution in [2.24, 2.45) is 0 Å². The summed E-state index contributed by atoms with van der Waals surface area (Å²) in [6.45, 7) is 2.27. The average Bonchev–Trinajstić information content (AvgIpc) is 3.21. The van der Waals surface area contributed by atoms with Crippen LogP contribution in [0.15, 0.2) is 36.0 Å². The lowest BCUT2D eigenvalue weighted by atomic mass is 10.2. The van der Waals surface area contributed by atoms with Crippen LogP contribution in [-0.4, -0.2) is 33.2 Å². The monoisotopic (exact) mass is 396 g/mol. The fourth-order valence-electron chi connectivity index (χ4n) is 2.51. The molecule has 0 atom stereocenters. The highest BCUT2D eigenvalue weighted by Gasteiger charge is 2.28. The standard InChI is InChI=1S/C17H15F3N4O2S/c1-10-7-13(11(2)24(10)16-21-5-6-27-16)15(25)23-12-3-4-14(22-8-12)26-9-17(18,19)20/h3-8H,9H2,1-2H3,(H,23,25). The van der Waals surface area contributed by atoms with Gasteiger partial charge in [0.05, 0.1) is 17.4 Å². The van der Waals surface area contributed by atoms with Crippen molar-refractivity contribution in [2.45, 2.75) is 20.0 Å². The molecule has 3 aromatic rings. The van der Waals surface area contributed by atoms with Gasteiger partial charge in [-0.15, -0.1) is 11.3 Å². The van der Waals surface area contributed by atoms with Crippen molar-refractivity contribution in [3.05, 3.63) is 52.9 Å². The molecule has 27 heavy (non-hydrogen) atoms. The maximum Gasteiger partial charge on any atom is 0.422 e. The summed E-state index contributed by atoms with van der Waals surface area (Å²) in [7, 11) is 0. The molecule has 3 aromatic heterocycles. The van der Waals surface area contributed by atoms with Gasteiger partial charge in [0.15, 0.2) is 11.7 Å². The first kappa shape index (κ1) is 18.9. The van der Waals surface area contributed by atoms with E-state index in [1.54, 1.807) is 12.3 Å². The number of carbonyl (C=O) groups excluding carboxylic acids is 1. The molecule has 10 heteroatoms. The number of nitrogens with one attached hydrogen (secondary N) is 1. The number of pyridine rings is 1. The molecule has 0 spiro atoms. The number of aromatic nitrogens is 3. The minimum absolute atomic E-state index is 0.174. The number of anilines is 1. The zero-order valence-corrected chi connectivity index (χ0v) is 15.2. The molecule has 0 saturated carbocycles. The van der Waals surface area contributed by atoms with Crippen molar-refractivity contribution in [3.8, 4) is 11.0 Å². The molecule has 3 rings (SSSR count). The van der Waals surface area contributed by atoms with Gasteiger partial charge in [0.25, 0.3) is 5.91 Å². The van der Waals surface area contributed by atoms with Gasteiger partial charge < -0.3 is 10.1 Å². The third-order valence-electron chi connectivity index (χ3n) is 3.66. The first-order valence-corrected chi connectivity index (χ1v) is 8.68. The molecule has 0 aliphatic carbocycles. The summed E-state index contributed by atoms with van der Waals surface area (Å²) < 4.78 is 42.8. The lowest BCUT2D eigenvalue weighted by molar-refractivity contribution is -0.154. The van der Waals surface area contributed by atoms with Crippen LogP contribution in [0.3, 0.4) is 0 Å². The van der Waals surface area contributed by atoms with Gasteiger partial charge in [-0.05, 0) is 26.0 Å². The molecule has 1 N–H and O–H groups in total. The van der Waals surface area contributed by atoms with Crippen molar-refractivity contribution in [1.82, 2.24) is 14.5 Å². The molecule has 0 unspecified atom stereocenters. The lowest BCUT2D eigenvalue weighted by Crippen LogP contribution is -2.19. The van der Waals surface area contributed by atoms with Crippen LogP contribution < -0.4 is 10.1 Å². The molecule has 142 valence electrons. The van der Waals surface area contributed by atoms with Crippen LogP contribution in [0.1, 0.15) is 21.7 Å². The Morgan fingerprint density at radius 1 is 1.30 bits per heavy atom. The first-order valence-electron chi connectivity index (χ1n) is 7.80. The normalized spacial score (nSPS) is 11.4. The molecular weight excluding hydrogens is 381 g/mol.